The van der Waals surface area contributed by atoms with E-state index in [9.17, 15) is 14.9 Å². The maximum absolute atomic E-state index is 11.0. The molecule has 98 valence electrons. The van der Waals surface area contributed by atoms with Crippen molar-refractivity contribution in [1.82, 2.24) is 0 Å². The highest BCUT2D eigenvalue weighted by molar-refractivity contribution is 8.00. The summed E-state index contributed by atoms with van der Waals surface area (Å²) in [7, 11) is 0. The molecule has 6 nitrogen and oxygen atoms in total. The fourth-order valence-corrected chi connectivity index (χ4v) is 2.49. The number of carbonyl (C=O) groups is 1. The molecule has 0 saturated carbocycles. The summed E-state index contributed by atoms with van der Waals surface area (Å²) in [6.45, 7) is 1.86. The molecule has 1 rings (SSSR count). The van der Waals surface area contributed by atoms with E-state index in [2.05, 4.69) is 0 Å². The van der Waals surface area contributed by atoms with Crippen LogP contribution in [0.2, 0.25) is 0 Å². The first-order valence-electron chi connectivity index (χ1n) is 5.31. The molecule has 0 spiro atoms. The van der Waals surface area contributed by atoms with Gasteiger partial charge >= 0.3 is 0 Å². The van der Waals surface area contributed by atoms with Crippen LogP contribution >= 0.6 is 11.8 Å². The van der Waals surface area contributed by atoms with E-state index in [0.29, 0.717) is 11.3 Å². The van der Waals surface area contributed by atoms with E-state index in [4.69, 9.17) is 10.8 Å². The molecule has 0 saturated heterocycles. The number of carbonyl (C=O) groups excluding carboxylic acids is 1. The zero-order chi connectivity index (χ0) is 13.7. The van der Waals surface area contributed by atoms with Crippen molar-refractivity contribution in [2.45, 2.75) is 23.5 Å². The van der Waals surface area contributed by atoms with Crippen molar-refractivity contribution in [3.8, 4) is 0 Å². The lowest BCUT2D eigenvalue weighted by Gasteiger charge is -2.10. The minimum atomic E-state index is -0.624. The summed E-state index contributed by atoms with van der Waals surface area (Å²) in [5, 5.41) is 19.7. The van der Waals surface area contributed by atoms with Crippen molar-refractivity contribution in [3.63, 3.8) is 0 Å². The maximum atomic E-state index is 11.0. The zero-order valence-corrected chi connectivity index (χ0v) is 10.6. The normalized spacial score (nSPS) is 12.1. The third kappa shape index (κ3) is 3.71. The molecular weight excluding hydrogens is 256 g/mol. The number of nitrogens with zero attached hydrogens (tertiary/aromatic N) is 1. The van der Waals surface area contributed by atoms with Gasteiger partial charge in [-0.05, 0) is 18.6 Å². The van der Waals surface area contributed by atoms with Gasteiger partial charge in [-0.15, -0.1) is 11.8 Å². The predicted octanol–water partition coefficient (Wildman–Crippen LogP) is 1.56. The van der Waals surface area contributed by atoms with Crippen LogP contribution in [0.25, 0.3) is 0 Å². The summed E-state index contributed by atoms with van der Waals surface area (Å²) in [6, 6.07) is 4.02. The van der Waals surface area contributed by atoms with Crippen molar-refractivity contribution in [1.29, 1.82) is 0 Å². The Bertz CT molecular complexity index is 464. The van der Waals surface area contributed by atoms with Crippen LogP contribution in [0, 0.1) is 10.1 Å². The van der Waals surface area contributed by atoms with Crippen LogP contribution in [0.4, 0.5) is 5.69 Å². The molecule has 7 heteroatoms. The molecule has 1 atom stereocenters. The molecule has 1 unspecified atom stereocenters. The Morgan fingerprint density at radius 2 is 2.28 bits per heavy atom. The van der Waals surface area contributed by atoms with Crippen LogP contribution in [0.1, 0.15) is 23.7 Å². The molecule has 0 radical (unpaired) electrons. The molecule has 0 aliphatic heterocycles. The van der Waals surface area contributed by atoms with Gasteiger partial charge in [0.2, 0.25) is 5.91 Å². The first-order chi connectivity index (χ1) is 8.45. The summed E-state index contributed by atoms with van der Waals surface area (Å²) >= 11 is 1.25. The van der Waals surface area contributed by atoms with Crippen LogP contribution in [0.5, 0.6) is 0 Å². The Labute approximate surface area is 108 Å². The molecular formula is C11H14N2O4S. The number of aliphatic hydroxyl groups excluding tert-OH is 1. The van der Waals surface area contributed by atoms with Crippen molar-refractivity contribution in [2.75, 3.05) is 6.61 Å². The van der Waals surface area contributed by atoms with E-state index in [1.165, 1.54) is 30.0 Å². The van der Waals surface area contributed by atoms with E-state index < -0.39 is 10.8 Å². The second-order valence-electron chi connectivity index (χ2n) is 3.74. The Balaban J connectivity index is 3.07. The highest BCUT2D eigenvalue weighted by Crippen LogP contribution is 2.33. The number of aliphatic hydroxyl groups is 1. The second kappa shape index (κ2) is 6.36. The lowest BCUT2D eigenvalue weighted by atomic mass is 10.2. The van der Waals surface area contributed by atoms with Crippen molar-refractivity contribution in [2.24, 2.45) is 5.73 Å². The van der Waals surface area contributed by atoms with Crippen LogP contribution in [0.3, 0.4) is 0 Å². The molecule has 0 fully saturated rings. The van der Waals surface area contributed by atoms with E-state index in [-0.39, 0.29) is 23.1 Å². The third-order valence-corrected chi connectivity index (χ3v) is 3.52. The predicted molar refractivity (Wildman–Crippen MR) is 68.6 cm³/mol. The minimum Gasteiger partial charge on any atom is -0.396 e. The number of hydrogen-bond acceptors (Lipinski definition) is 5. The molecule has 0 heterocycles. The van der Waals surface area contributed by atoms with Crippen LogP contribution in [0.15, 0.2) is 23.1 Å². The van der Waals surface area contributed by atoms with Crippen LogP contribution < -0.4 is 5.73 Å². The molecule has 1 amide bonds. The molecule has 0 aliphatic rings. The van der Waals surface area contributed by atoms with Crippen molar-refractivity contribution >= 4 is 23.4 Å². The Kier molecular flexibility index (Phi) is 5.11. The first kappa shape index (κ1) is 14.5. The maximum Gasteiger partial charge on any atom is 0.282 e. The summed E-state index contributed by atoms with van der Waals surface area (Å²) in [5.74, 6) is -0.624. The van der Waals surface area contributed by atoms with Crippen LogP contribution in [-0.2, 0) is 0 Å². The average molecular weight is 270 g/mol. The molecule has 0 aromatic heterocycles. The number of amides is 1. The van der Waals surface area contributed by atoms with Gasteiger partial charge in [-0.25, -0.2) is 0 Å². The van der Waals surface area contributed by atoms with E-state index >= 15 is 0 Å². The fourth-order valence-electron chi connectivity index (χ4n) is 1.37. The summed E-state index contributed by atoms with van der Waals surface area (Å²) in [5.41, 5.74) is 5.32. The van der Waals surface area contributed by atoms with Gasteiger partial charge in [0.25, 0.3) is 5.69 Å². The van der Waals surface area contributed by atoms with Gasteiger partial charge < -0.3 is 10.8 Å². The zero-order valence-electron chi connectivity index (χ0n) is 9.83. The minimum absolute atomic E-state index is 0.0110. The van der Waals surface area contributed by atoms with Gasteiger partial charge in [0.05, 0.1) is 9.82 Å². The van der Waals surface area contributed by atoms with Gasteiger partial charge in [0.15, 0.2) is 0 Å². The molecule has 18 heavy (non-hydrogen) atoms. The van der Waals surface area contributed by atoms with E-state index in [1.54, 1.807) is 0 Å². The Morgan fingerprint density at radius 3 is 2.78 bits per heavy atom. The highest BCUT2D eigenvalue weighted by Gasteiger charge is 2.18. The lowest BCUT2D eigenvalue weighted by Crippen LogP contribution is -2.11. The molecule has 0 bridgehead atoms. The van der Waals surface area contributed by atoms with Gasteiger partial charge in [-0.3, -0.25) is 14.9 Å². The fraction of sp³-hybridized carbons (Fsp3) is 0.364. The number of nitro benzene ring substituents is 1. The van der Waals surface area contributed by atoms with Gasteiger partial charge in [-0.2, -0.15) is 0 Å². The quantitative estimate of drug-likeness (QED) is 0.463. The number of primary amides is 1. The number of rotatable bonds is 6. The number of nitro groups is 1. The summed E-state index contributed by atoms with van der Waals surface area (Å²) in [4.78, 5) is 21.8. The molecule has 3 N–H and O–H groups in total. The monoisotopic (exact) mass is 270 g/mol. The smallest absolute Gasteiger partial charge is 0.282 e. The lowest BCUT2D eigenvalue weighted by molar-refractivity contribution is -0.387. The molecule has 1 aromatic rings. The Hall–Kier alpha value is -1.60. The number of benzene rings is 1. The van der Waals surface area contributed by atoms with Crippen molar-refractivity contribution < 1.29 is 14.8 Å². The average Bonchev–Trinajstić information content (AvgIpc) is 2.28. The van der Waals surface area contributed by atoms with Gasteiger partial charge in [-0.1, -0.05) is 6.92 Å². The highest BCUT2D eigenvalue weighted by atomic mass is 32.2. The third-order valence-electron chi connectivity index (χ3n) is 2.30. The second-order valence-corrected chi connectivity index (χ2v) is 5.22. The number of hydrogen-bond donors (Lipinski definition) is 2. The first-order valence-corrected chi connectivity index (χ1v) is 6.19. The topological polar surface area (TPSA) is 106 Å². The molecule has 1 aromatic carbocycles. The Morgan fingerprint density at radius 1 is 1.61 bits per heavy atom. The number of thioether (sulfide) groups is 1. The van der Waals surface area contributed by atoms with Crippen molar-refractivity contribution in [3.05, 3.63) is 33.9 Å². The summed E-state index contributed by atoms with van der Waals surface area (Å²) < 4.78 is 0. The van der Waals surface area contributed by atoms with Crippen LogP contribution in [-0.4, -0.2) is 27.8 Å². The summed E-state index contributed by atoms with van der Waals surface area (Å²) in [6.07, 6.45) is 0.516. The number of nitrogens with two attached hydrogens (primary N) is 1. The SMILES string of the molecule is CC(CCO)Sc1cc(C(N)=O)ccc1[N+](=O)[O-]. The van der Waals surface area contributed by atoms with Gasteiger partial charge in [0, 0.05) is 23.5 Å². The van der Waals surface area contributed by atoms with Gasteiger partial charge in [0.1, 0.15) is 0 Å². The van der Waals surface area contributed by atoms with E-state index in [1.807, 2.05) is 6.92 Å². The standard InChI is InChI=1S/C11H14N2O4S/c1-7(4-5-14)18-10-6-8(11(12)15)2-3-9(10)13(16)17/h2-3,6-7,14H,4-5H2,1H3,(H2,12,15). The van der Waals surface area contributed by atoms with E-state index in [0.717, 1.165) is 0 Å². The molecule has 0 aliphatic carbocycles. The largest absolute Gasteiger partial charge is 0.396 e.